The SMILES string of the molecule is NC(=O)c1c(-c2ccc(Oc3ccccc3)cc2)[nH]c2c(C3CN(C(=O)C(F)=CC(F)F)C3)cnn12. The number of imidazole rings is 1. The molecule has 2 amide bonds. The molecule has 1 fully saturated rings. The Balaban J connectivity index is 1.39. The van der Waals surface area contributed by atoms with Crippen LogP contribution in [-0.2, 0) is 4.79 Å². The molecule has 0 unspecified atom stereocenters. The maximum absolute atomic E-state index is 13.6. The number of amides is 2. The number of nitrogens with one attached hydrogen (secondary N) is 1. The number of nitrogens with two attached hydrogens (primary N) is 1. The number of benzene rings is 2. The van der Waals surface area contributed by atoms with Crippen LogP contribution in [0.25, 0.3) is 16.9 Å². The zero-order chi connectivity index (χ0) is 25.4. The maximum atomic E-state index is 13.6. The Hall–Kier alpha value is -4.54. The molecule has 2 aromatic heterocycles. The molecule has 0 atom stereocenters. The highest BCUT2D eigenvalue weighted by molar-refractivity contribution is 5.98. The minimum absolute atomic E-state index is 0.0136. The monoisotopic (exact) mass is 495 g/mol. The summed E-state index contributed by atoms with van der Waals surface area (Å²) in [5.74, 6) is -2.20. The van der Waals surface area contributed by atoms with Crippen molar-refractivity contribution < 1.29 is 27.5 Å². The number of alkyl halides is 2. The van der Waals surface area contributed by atoms with E-state index in [4.69, 9.17) is 10.5 Å². The van der Waals surface area contributed by atoms with E-state index >= 15 is 0 Å². The second kappa shape index (κ2) is 9.25. The number of fused-ring (bicyclic) bond motifs is 1. The van der Waals surface area contributed by atoms with Gasteiger partial charge in [0, 0.05) is 36.2 Å². The van der Waals surface area contributed by atoms with Crippen LogP contribution < -0.4 is 10.5 Å². The number of rotatable bonds is 7. The van der Waals surface area contributed by atoms with Crippen molar-refractivity contribution in [3.05, 3.63) is 84.0 Å². The average Bonchev–Trinajstić information content (AvgIpc) is 3.38. The molecule has 1 saturated heterocycles. The number of allylic oxidation sites excluding steroid dienone is 1. The van der Waals surface area contributed by atoms with Crippen LogP contribution in [0.1, 0.15) is 22.0 Å². The van der Waals surface area contributed by atoms with E-state index < -0.39 is 24.1 Å². The number of carbonyl (C=O) groups excluding carboxylic acids is 2. The molecule has 0 aliphatic carbocycles. The number of nitrogens with zero attached hydrogens (tertiary/aromatic N) is 3. The van der Waals surface area contributed by atoms with Crippen molar-refractivity contribution in [1.82, 2.24) is 19.5 Å². The third-order valence-electron chi connectivity index (χ3n) is 5.93. The number of ether oxygens (including phenoxy) is 1. The lowest BCUT2D eigenvalue weighted by Gasteiger charge is -2.38. The third-order valence-corrected chi connectivity index (χ3v) is 5.93. The zero-order valence-corrected chi connectivity index (χ0v) is 18.7. The van der Waals surface area contributed by atoms with E-state index in [9.17, 15) is 22.8 Å². The molecular formula is C25H20F3N5O3. The van der Waals surface area contributed by atoms with Crippen molar-refractivity contribution in [2.75, 3.05) is 13.1 Å². The quantitative estimate of drug-likeness (QED) is 0.374. The number of para-hydroxylation sites is 1. The molecule has 2 aromatic carbocycles. The van der Waals surface area contributed by atoms with Crippen LogP contribution in [-0.4, -0.2) is 50.8 Å². The summed E-state index contributed by atoms with van der Waals surface area (Å²) in [5.41, 5.74) is 8.12. The molecule has 0 bridgehead atoms. The summed E-state index contributed by atoms with van der Waals surface area (Å²) in [7, 11) is 0. The maximum Gasteiger partial charge on any atom is 0.282 e. The Morgan fingerprint density at radius 3 is 2.39 bits per heavy atom. The van der Waals surface area contributed by atoms with E-state index in [2.05, 4.69) is 10.1 Å². The third kappa shape index (κ3) is 4.30. The normalized spacial score (nSPS) is 14.3. The zero-order valence-electron chi connectivity index (χ0n) is 18.7. The lowest BCUT2D eigenvalue weighted by molar-refractivity contribution is -0.133. The molecule has 1 aliphatic heterocycles. The fourth-order valence-corrected chi connectivity index (χ4v) is 4.16. The summed E-state index contributed by atoms with van der Waals surface area (Å²) in [4.78, 5) is 28.6. The summed E-state index contributed by atoms with van der Waals surface area (Å²) >= 11 is 0. The Bertz CT molecular complexity index is 1460. The molecule has 0 saturated carbocycles. The second-order valence-electron chi connectivity index (χ2n) is 8.27. The van der Waals surface area contributed by atoms with Crippen LogP contribution in [0.3, 0.4) is 0 Å². The first-order valence-corrected chi connectivity index (χ1v) is 11.0. The Labute approximate surface area is 202 Å². The van der Waals surface area contributed by atoms with E-state index in [1.54, 1.807) is 24.3 Å². The molecule has 0 spiro atoms. The number of likely N-dealkylation sites (tertiary alicyclic amines) is 1. The summed E-state index contributed by atoms with van der Waals surface area (Å²) in [6.07, 6.45) is -1.53. The number of primary amides is 1. The minimum atomic E-state index is -3.05. The van der Waals surface area contributed by atoms with Gasteiger partial charge in [-0.15, -0.1) is 0 Å². The topological polar surface area (TPSA) is 106 Å². The molecule has 3 N–H and O–H groups in total. The van der Waals surface area contributed by atoms with E-state index in [0.717, 1.165) is 4.90 Å². The van der Waals surface area contributed by atoms with Gasteiger partial charge in [-0.1, -0.05) is 18.2 Å². The number of aromatic nitrogens is 3. The van der Waals surface area contributed by atoms with E-state index in [1.807, 2.05) is 30.3 Å². The highest BCUT2D eigenvalue weighted by Gasteiger charge is 2.36. The van der Waals surface area contributed by atoms with Crippen LogP contribution in [0.15, 0.2) is 72.7 Å². The molecule has 4 aromatic rings. The van der Waals surface area contributed by atoms with Crippen LogP contribution in [0.5, 0.6) is 11.5 Å². The van der Waals surface area contributed by atoms with Crippen LogP contribution >= 0.6 is 0 Å². The molecule has 1 aliphatic rings. The highest BCUT2D eigenvalue weighted by Crippen LogP contribution is 2.34. The molecule has 0 radical (unpaired) electrons. The summed E-state index contributed by atoms with van der Waals surface area (Å²) < 4.78 is 45.5. The van der Waals surface area contributed by atoms with Gasteiger partial charge in [0.1, 0.15) is 17.1 Å². The molecular weight excluding hydrogens is 475 g/mol. The van der Waals surface area contributed by atoms with Gasteiger partial charge in [-0.05, 0) is 36.4 Å². The second-order valence-corrected chi connectivity index (χ2v) is 8.27. The van der Waals surface area contributed by atoms with Crippen molar-refractivity contribution >= 4 is 17.5 Å². The van der Waals surface area contributed by atoms with Crippen LogP contribution in [0.4, 0.5) is 13.2 Å². The molecule has 184 valence electrons. The molecule has 8 nitrogen and oxygen atoms in total. The van der Waals surface area contributed by atoms with Gasteiger partial charge in [0.05, 0.1) is 11.9 Å². The van der Waals surface area contributed by atoms with E-state index in [0.29, 0.717) is 34.0 Å². The van der Waals surface area contributed by atoms with Crippen molar-refractivity contribution in [1.29, 1.82) is 0 Å². The van der Waals surface area contributed by atoms with Crippen molar-refractivity contribution in [3.8, 4) is 22.8 Å². The van der Waals surface area contributed by atoms with E-state index in [1.165, 1.54) is 10.7 Å². The van der Waals surface area contributed by atoms with Gasteiger partial charge < -0.3 is 20.4 Å². The fraction of sp³-hybridized carbons (Fsp3) is 0.160. The smallest absolute Gasteiger partial charge is 0.282 e. The largest absolute Gasteiger partial charge is 0.457 e. The summed E-state index contributed by atoms with van der Waals surface area (Å²) in [6, 6.07) is 16.3. The number of hydrogen-bond donors (Lipinski definition) is 2. The van der Waals surface area contributed by atoms with Crippen LogP contribution in [0.2, 0.25) is 0 Å². The lowest BCUT2D eigenvalue weighted by atomic mass is 9.93. The molecule has 11 heteroatoms. The molecule has 5 rings (SSSR count). The van der Waals surface area contributed by atoms with Crippen molar-refractivity contribution in [2.45, 2.75) is 12.3 Å². The average molecular weight is 495 g/mol. The summed E-state index contributed by atoms with van der Waals surface area (Å²) in [6.45, 7) is 0.243. The number of halogens is 3. The van der Waals surface area contributed by atoms with Crippen LogP contribution in [0, 0.1) is 0 Å². The number of carbonyl (C=O) groups is 2. The van der Waals surface area contributed by atoms with Gasteiger partial charge in [0.15, 0.2) is 11.5 Å². The predicted molar refractivity (Wildman–Crippen MR) is 125 cm³/mol. The lowest BCUT2D eigenvalue weighted by Crippen LogP contribution is -2.48. The van der Waals surface area contributed by atoms with Gasteiger partial charge >= 0.3 is 0 Å². The first-order valence-electron chi connectivity index (χ1n) is 11.0. The van der Waals surface area contributed by atoms with Gasteiger partial charge in [-0.25, -0.2) is 17.7 Å². The minimum Gasteiger partial charge on any atom is -0.457 e. The number of H-pyrrole nitrogens is 1. The Morgan fingerprint density at radius 2 is 1.75 bits per heavy atom. The first-order chi connectivity index (χ1) is 17.3. The van der Waals surface area contributed by atoms with Gasteiger partial charge in [-0.3, -0.25) is 9.59 Å². The Kier molecular flexibility index (Phi) is 5.96. The highest BCUT2D eigenvalue weighted by atomic mass is 19.3. The standard InChI is InChI=1S/C25H20F3N5O3/c26-19(10-20(27)28)25(35)32-12-15(13-32)18-11-30-33-22(23(29)34)21(31-24(18)33)14-6-8-17(9-7-14)36-16-4-2-1-3-5-16/h1-11,15,20,31H,12-13H2,(H2,29,34). The number of hydrogen-bond acceptors (Lipinski definition) is 4. The van der Waals surface area contributed by atoms with E-state index in [-0.39, 0.29) is 30.8 Å². The van der Waals surface area contributed by atoms with Crippen molar-refractivity contribution in [2.24, 2.45) is 5.73 Å². The molecule has 36 heavy (non-hydrogen) atoms. The van der Waals surface area contributed by atoms with Gasteiger partial charge in [0.25, 0.3) is 18.2 Å². The number of aromatic amines is 1. The molecule has 3 heterocycles. The predicted octanol–water partition coefficient (Wildman–Crippen LogP) is 4.26. The van der Waals surface area contributed by atoms with Crippen molar-refractivity contribution in [3.63, 3.8) is 0 Å². The first kappa shape index (κ1) is 23.2. The Morgan fingerprint density at radius 1 is 1.08 bits per heavy atom. The van der Waals surface area contributed by atoms with Gasteiger partial charge in [-0.2, -0.15) is 5.10 Å². The fourth-order valence-electron chi connectivity index (χ4n) is 4.16. The summed E-state index contributed by atoms with van der Waals surface area (Å²) in [5, 5.41) is 4.28. The van der Waals surface area contributed by atoms with Gasteiger partial charge in [0.2, 0.25) is 0 Å².